The first-order valence-electron chi connectivity index (χ1n) is 7.91. The van der Waals surface area contributed by atoms with Gasteiger partial charge in [-0.3, -0.25) is 4.98 Å². The third-order valence-corrected chi connectivity index (χ3v) is 4.72. The second-order valence-corrected chi connectivity index (χ2v) is 7.46. The minimum atomic E-state index is -0.524. The van der Waals surface area contributed by atoms with Crippen LogP contribution in [0.5, 0.6) is 0 Å². The second-order valence-electron chi connectivity index (χ2n) is 7.46. The Morgan fingerprint density at radius 1 is 1.41 bits per heavy atom. The fourth-order valence-electron chi connectivity index (χ4n) is 3.52. The van der Waals surface area contributed by atoms with E-state index in [-0.39, 0.29) is 11.5 Å². The van der Waals surface area contributed by atoms with E-state index in [9.17, 15) is 9.90 Å². The van der Waals surface area contributed by atoms with Crippen molar-refractivity contribution in [2.24, 2.45) is 5.41 Å². The maximum Gasteiger partial charge on any atom is 0.410 e. The summed E-state index contributed by atoms with van der Waals surface area (Å²) in [6.07, 6.45) is 3.36. The highest BCUT2D eigenvalue weighted by atomic mass is 16.6. The monoisotopic (exact) mass is 304 g/mol. The van der Waals surface area contributed by atoms with Gasteiger partial charge in [0.1, 0.15) is 11.7 Å². The molecule has 0 aromatic carbocycles. The van der Waals surface area contributed by atoms with Gasteiger partial charge in [-0.25, -0.2) is 4.79 Å². The van der Waals surface area contributed by atoms with Gasteiger partial charge in [0.05, 0.1) is 5.69 Å². The number of hydrogen-bond acceptors (Lipinski definition) is 4. The average molecular weight is 304 g/mol. The Hall–Kier alpha value is -1.62. The molecular formula is C17H24N2O3. The lowest BCUT2D eigenvalue weighted by Gasteiger charge is -2.41. The van der Waals surface area contributed by atoms with Crippen LogP contribution in [0.15, 0.2) is 18.3 Å². The molecule has 1 aromatic heterocycles. The van der Waals surface area contributed by atoms with Gasteiger partial charge in [0.2, 0.25) is 0 Å². The Kier molecular flexibility index (Phi) is 3.63. The molecule has 1 amide bonds. The number of aromatic nitrogens is 1. The van der Waals surface area contributed by atoms with Crippen molar-refractivity contribution >= 4 is 6.09 Å². The zero-order valence-electron chi connectivity index (χ0n) is 13.5. The lowest BCUT2D eigenvalue weighted by atomic mass is 9.74. The zero-order valence-corrected chi connectivity index (χ0v) is 13.5. The van der Waals surface area contributed by atoms with Crippen molar-refractivity contribution in [3.8, 4) is 0 Å². The van der Waals surface area contributed by atoms with E-state index in [2.05, 4.69) is 4.98 Å². The van der Waals surface area contributed by atoms with Gasteiger partial charge >= 0.3 is 6.09 Å². The molecule has 1 N–H and O–H groups in total. The summed E-state index contributed by atoms with van der Waals surface area (Å²) in [5.74, 6) is 0. The largest absolute Gasteiger partial charge is 0.444 e. The third-order valence-electron chi connectivity index (χ3n) is 4.72. The number of ether oxygens (including phenoxy) is 1. The van der Waals surface area contributed by atoms with Gasteiger partial charge in [0, 0.05) is 24.7 Å². The summed E-state index contributed by atoms with van der Waals surface area (Å²) in [4.78, 5) is 18.2. The van der Waals surface area contributed by atoms with Crippen molar-refractivity contribution in [1.82, 2.24) is 9.88 Å². The first kappa shape index (κ1) is 15.3. The highest BCUT2D eigenvalue weighted by Crippen LogP contribution is 2.51. The molecule has 1 aromatic rings. The van der Waals surface area contributed by atoms with Gasteiger partial charge in [-0.2, -0.15) is 0 Å². The predicted octanol–water partition coefficient (Wildman–Crippen LogP) is 2.69. The summed E-state index contributed by atoms with van der Waals surface area (Å²) < 4.78 is 5.43. The molecule has 5 nitrogen and oxygen atoms in total. The molecule has 22 heavy (non-hydrogen) atoms. The molecular weight excluding hydrogens is 280 g/mol. The van der Waals surface area contributed by atoms with E-state index >= 15 is 0 Å². The molecule has 0 bridgehead atoms. The average Bonchev–Trinajstić information content (AvgIpc) is 2.71. The normalized spacial score (nSPS) is 23.5. The molecule has 0 saturated carbocycles. The molecule has 2 aliphatic rings. The first-order valence-corrected chi connectivity index (χ1v) is 7.91. The molecule has 3 rings (SSSR count). The Bertz CT molecular complexity index is 572. The SMILES string of the molecule is CC(C)(C)OC(=O)N1CCC2(CC1)Cc1cccnc1C2O. The fraction of sp³-hybridized carbons (Fsp3) is 0.647. The van der Waals surface area contributed by atoms with Crippen molar-refractivity contribution in [3.63, 3.8) is 0 Å². The Morgan fingerprint density at radius 2 is 2.09 bits per heavy atom. The van der Waals surface area contributed by atoms with Crippen molar-refractivity contribution in [1.29, 1.82) is 0 Å². The fourth-order valence-corrected chi connectivity index (χ4v) is 3.52. The van der Waals surface area contributed by atoms with Crippen LogP contribution in [0.1, 0.15) is 51.0 Å². The van der Waals surface area contributed by atoms with Gasteiger partial charge in [0.25, 0.3) is 0 Å². The quantitative estimate of drug-likeness (QED) is 0.800. The van der Waals surface area contributed by atoms with Crippen molar-refractivity contribution in [2.45, 2.75) is 51.7 Å². The zero-order chi connectivity index (χ0) is 16.0. The van der Waals surface area contributed by atoms with E-state index < -0.39 is 11.7 Å². The molecule has 1 aliphatic carbocycles. The number of piperidine rings is 1. The molecule has 1 atom stereocenters. The number of amides is 1. The lowest BCUT2D eigenvalue weighted by Crippen LogP contribution is -2.46. The van der Waals surface area contributed by atoms with E-state index in [0.29, 0.717) is 13.1 Å². The lowest BCUT2D eigenvalue weighted by molar-refractivity contribution is -0.0266. The summed E-state index contributed by atoms with van der Waals surface area (Å²) in [6.45, 7) is 6.87. The number of hydrogen-bond donors (Lipinski definition) is 1. The number of aliphatic hydroxyl groups is 1. The third kappa shape index (κ3) is 2.70. The summed E-state index contributed by atoms with van der Waals surface area (Å²) >= 11 is 0. The molecule has 1 aliphatic heterocycles. The summed E-state index contributed by atoms with van der Waals surface area (Å²) in [5, 5.41) is 10.7. The Morgan fingerprint density at radius 3 is 2.68 bits per heavy atom. The highest BCUT2D eigenvalue weighted by Gasteiger charge is 2.48. The van der Waals surface area contributed by atoms with E-state index in [4.69, 9.17) is 4.74 Å². The summed E-state index contributed by atoms with van der Waals surface area (Å²) in [5.41, 5.74) is 1.31. The number of rotatable bonds is 0. The maximum absolute atomic E-state index is 12.1. The van der Waals surface area contributed by atoms with Gasteiger partial charge in [-0.1, -0.05) is 6.07 Å². The van der Waals surface area contributed by atoms with Crippen LogP contribution in [0.3, 0.4) is 0 Å². The van der Waals surface area contributed by atoms with Crippen LogP contribution >= 0.6 is 0 Å². The molecule has 1 spiro atoms. The second kappa shape index (κ2) is 5.23. The minimum absolute atomic E-state index is 0.171. The van der Waals surface area contributed by atoms with Crippen LogP contribution < -0.4 is 0 Å². The standard InChI is InChI=1S/C17H24N2O3/c1-16(2,3)22-15(21)19-9-6-17(7-10-19)11-12-5-4-8-18-13(12)14(17)20/h4-5,8,14,20H,6-7,9-11H2,1-3H3. The van der Waals surface area contributed by atoms with Crippen LogP contribution in [0, 0.1) is 5.41 Å². The van der Waals surface area contributed by atoms with E-state index in [0.717, 1.165) is 30.5 Å². The molecule has 1 fully saturated rings. The van der Waals surface area contributed by atoms with Crippen LogP contribution in [-0.4, -0.2) is 39.8 Å². The number of aliphatic hydroxyl groups excluding tert-OH is 1. The van der Waals surface area contributed by atoms with E-state index in [1.807, 2.05) is 32.9 Å². The molecule has 1 saturated heterocycles. The van der Waals surface area contributed by atoms with Crippen LogP contribution in [-0.2, 0) is 11.2 Å². The summed E-state index contributed by atoms with van der Waals surface area (Å²) in [7, 11) is 0. The van der Waals surface area contributed by atoms with Crippen LogP contribution in [0.4, 0.5) is 4.79 Å². The number of nitrogens with zero attached hydrogens (tertiary/aromatic N) is 2. The molecule has 120 valence electrons. The number of carbonyl (C=O) groups is 1. The van der Waals surface area contributed by atoms with Crippen molar-refractivity contribution < 1.29 is 14.6 Å². The number of fused-ring (bicyclic) bond motifs is 1. The molecule has 5 heteroatoms. The Balaban J connectivity index is 1.67. The van der Waals surface area contributed by atoms with Crippen LogP contribution in [0.25, 0.3) is 0 Å². The summed E-state index contributed by atoms with van der Waals surface area (Å²) in [6, 6.07) is 3.96. The Labute approximate surface area is 131 Å². The predicted molar refractivity (Wildman–Crippen MR) is 82.4 cm³/mol. The van der Waals surface area contributed by atoms with E-state index in [1.165, 1.54) is 0 Å². The topological polar surface area (TPSA) is 62.7 Å². The number of carbonyl (C=O) groups excluding carboxylic acids is 1. The maximum atomic E-state index is 12.1. The number of pyridine rings is 1. The molecule has 0 radical (unpaired) electrons. The molecule has 1 unspecified atom stereocenters. The van der Waals surface area contributed by atoms with Crippen LogP contribution in [0.2, 0.25) is 0 Å². The van der Waals surface area contributed by atoms with E-state index in [1.54, 1.807) is 11.1 Å². The van der Waals surface area contributed by atoms with Gasteiger partial charge in [-0.15, -0.1) is 0 Å². The minimum Gasteiger partial charge on any atom is -0.444 e. The van der Waals surface area contributed by atoms with Gasteiger partial charge in [-0.05, 0) is 51.7 Å². The van der Waals surface area contributed by atoms with Gasteiger partial charge < -0.3 is 14.7 Å². The van der Waals surface area contributed by atoms with Gasteiger partial charge in [0.15, 0.2) is 0 Å². The highest BCUT2D eigenvalue weighted by molar-refractivity contribution is 5.68. The van der Waals surface area contributed by atoms with Crippen molar-refractivity contribution in [2.75, 3.05) is 13.1 Å². The first-order chi connectivity index (χ1) is 10.3. The molecule has 2 heterocycles. The number of likely N-dealkylation sites (tertiary alicyclic amines) is 1. The smallest absolute Gasteiger partial charge is 0.410 e. The van der Waals surface area contributed by atoms with Crippen molar-refractivity contribution in [3.05, 3.63) is 29.6 Å².